The highest BCUT2D eigenvalue weighted by Crippen LogP contribution is 2.36. The highest BCUT2D eigenvalue weighted by molar-refractivity contribution is 6.11. The third-order valence-corrected chi connectivity index (χ3v) is 4.58. The first-order chi connectivity index (χ1) is 15.4. The van der Waals surface area contributed by atoms with Gasteiger partial charge in [-0.3, -0.25) is 4.79 Å². The molecule has 0 amide bonds. The van der Waals surface area contributed by atoms with Crippen LogP contribution in [0, 0.1) is 0 Å². The average molecular weight is 430 g/mol. The number of rotatable bonds is 8. The number of esters is 1. The fraction of sp³-hybridized carbons (Fsp3) is 0.120. The molecular formula is C25H22N2O5. The Morgan fingerprint density at radius 2 is 1.56 bits per heavy atom. The lowest BCUT2D eigenvalue weighted by atomic mass is 10.0. The molecule has 7 heteroatoms. The fourth-order valence-corrected chi connectivity index (χ4v) is 2.88. The van der Waals surface area contributed by atoms with Crippen molar-refractivity contribution in [1.82, 2.24) is 0 Å². The smallest absolute Gasteiger partial charge is 0.333 e. The molecule has 0 heterocycles. The largest absolute Gasteiger partial charge is 0.507 e. The van der Waals surface area contributed by atoms with Gasteiger partial charge in [-0.1, -0.05) is 55.1 Å². The molecule has 0 spiro atoms. The van der Waals surface area contributed by atoms with Gasteiger partial charge in [-0.15, -0.1) is 5.11 Å². The highest BCUT2D eigenvalue weighted by Gasteiger charge is 2.17. The maximum absolute atomic E-state index is 12.7. The topological polar surface area (TPSA) is 109 Å². The van der Waals surface area contributed by atoms with Crippen LogP contribution in [0.15, 0.2) is 89.1 Å². The first-order valence-electron chi connectivity index (χ1n) is 9.85. The van der Waals surface area contributed by atoms with Crippen molar-refractivity contribution in [2.45, 2.75) is 13.3 Å². The molecule has 3 rings (SSSR count). The number of hydrogen-bond donors (Lipinski definition) is 2. The summed E-state index contributed by atoms with van der Waals surface area (Å²) in [4.78, 5) is 24.3. The van der Waals surface area contributed by atoms with E-state index in [1.54, 1.807) is 49.4 Å². The van der Waals surface area contributed by atoms with Crippen molar-refractivity contribution in [3.8, 4) is 11.5 Å². The summed E-state index contributed by atoms with van der Waals surface area (Å²) >= 11 is 0. The molecule has 32 heavy (non-hydrogen) atoms. The molecule has 0 aliphatic heterocycles. The fourth-order valence-electron chi connectivity index (χ4n) is 2.88. The van der Waals surface area contributed by atoms with Crippen LogP contribution < -0.4 is 0 Å². The molecule has 3 aromatic carbocycles. The lowest BCUT2D eigenvalue weighted by molar-refractivity contribution is -0.138. The van der Waals surface area contributed by atoms with Crippen molar-refractivity contribution in [3.05, 3.63) is 95.6 Å². The Hall–Kier alpha value is -4.26. The van der Waals surface area contributed by atoms with Crippen LogP contribution in [0.3, 0.4) is 0 Å². The molecular weight excluding hydrogens is 408 g/mol. The summed E-state index contributed by atoms with van der Waals surface area (Å²) in [7, 11) is 0. The lowest BCUT2D eigenvalue weighted by Gasteiger charge is -2.08. The molecule has 0 aromatic heterocycles. The van der Waals surface area contributed by atoms with E-state index in [-0.39, 0.29) is 29.4 Å². The number of azo groups is 1. The minimum absolute atomic E-state index is 0.00272. The maximum atomic E-state index is 12.7. The molecule has 0 saturated carbocycles. The Labute approximate surface area is 185 Å². The zero-order valence-corrected chi connectivity index (χ0v) is 17.5. The van der Waals surface area contributed by atoms with E-state index >= 15 is 0 Å². The molecule has 7 nitrogen and oxygen atoms in total. The first-order valence-corrected chi connectivity index (χ1v) is 9.85. The number of phenolic OH excluding ortho intramolecular Hbond substituents is 2. The first kappa shape index (κ1) is 22.4. The summed E-state index contributed by atoms with van der Waals surface area (Å²) in [5.74, 6) is -1.54. The molecule has 0 aliphatic carbocycles. The van der Waals surface area contributed by atoms with Crippen LogP contribution in [0.4, 0.5) is 11.4 Å². The van der Waals surface area contributed by atoms with Gasteiger partial charge < -0.3 is 14.9 Å². The summed E-state index contributed by atoms with van der Waals surface area (Å²) < 4.78 is 5.13. The second-order valence-corrected chi connectivity index (χ2v) is 7.05. The third-order valence-electron chi connectivity index (χ3n) is 4.58. The van der Waals surface area contributed by atoms with Crippen LogP contribution in [0.1, 0.15) is 28.4 Å². The van der Waals surface area contributed by atoms with Gasteiger partial charge in [0.15, 0.2) is 5.78 Å². The lowest BCUT2D eigenvalue weighted by Crippen LogP contribution is -2.08. The van der Waals surface area contributed by atoms with E-state index in [0.717, 1.165) is 11.6 Å². The number of carbonyl (C=O) groups excluding carboxylic acids is 2. The number of ketones is 1. The molecule has 0 unspecified atom stereocenters. The molecule has 3 aromatic rings. The molecule has 2 N–H and O–H groups in total. The van der Waals surface area contributed by atoms with Gasteiger partial charge in [0.25, 0.3) is 0 Å². The molecule has 0 bridgehead atoms. The van der Waals surface area contributed by atoms with E-state index in [1.807, 2.05) is 12.1 Å². The Kier molecular flexibility index (Phi) is 7.13. The summed E-state index contributed by atoms with van der Waals surface area (Å²) in [5, 5.41) is 28.6. The number of carbonyl (C=O) groups is 2. The predicted octanol–water partition coefficient (Wildman–Crippen LogP) is 5.41. The number of hydrogen-bond acceptors (Lipinski definition) is 7. The number of ether oxygens (including phenoxy) is 1. The van der Waals surface area contributed by atoms with E-state index in [0.29, 0.717) is 23.2 Å². The van der Waals surface area contributed by atoms with Gasteiger partial charge in [0.2, 0.25) is 0 Å². The van der Waals surface area contributed by atoms with E-state index in [1.165, 1.54) is 6.07 Å². The Bertz CT molecular complexity index is 1190. The van der Waals surface area contributed by atoms with Crippen LogP contribution in [-0.4, -0.2) is 28.6 Å². The van der Waals surface area contributed by atoms with Crippen LogP contribution in [0.5, 0.6) is 11.5 Å². The van der Waals surface area contributed by atoms with Crippen LogP contribution in [0.25, 0.3) is 0 Å². The molecule has 0 fully saturated rings. The number of nitrogens with zero attached hydrogens (tertiary/aromatic N) is 2. The molecule has 162 valence electrons. The zero-order valence-electron chi connectivity index (χ0n) is 17.5. The van der Waals surface area contributed by atoms with Gasteiger partial charge in [0, 0.05) is 23.6 Å². The second kappa shape index (κ2) is 10.2. The van der Waals surface area contributed by atoms with Crippen LogP contribution >= 0.6 is 0 Å². The van der Waals surface area contributed by atoms with Gasteiger partial charge in [-0.05, 0) is 24.6 Å². The summed E-state index contributed by atoms with van der Waals surface area (Å²) in [5.41, 5.74) is 2.05. The summed E-state index contributed by atoms with van der Waals surface area (Å²) in [6.07, 6.45) is 0.410. The normalized spacial score (nSPS) is 10.8. The van der Waals surface area contributed by atoms with Gasteiger partial charge >= 0.3 is 5.97 Å². The summed E-state index contributed by atoms with van der Waals surface area (Å²) in [6.45, 7) is 5.27. The minimum atomic E-state index is -0.464. The predicted molar refractivity (Wildman–Crippen MR) is 120 cm³/mol. The Morgan fingerprint density at radius 3 is 2.28 bits per heavy atom. The van der Waals surface area contributed by atoms with Crippen molar-refractivity contribution in [2.24, 2.45) is 10.2 Å². The zero-order chi connectivity index (χ0) is 23.1. The Morgan fingerprint density at radius 1 is 0.906 bits per heavy atom. The van der Waals surface area contributed by atoms with Crippen molar-refractivity contribution in [2.75, 3.05) is 6.61 Å². The van der Waals surface area contributed by atoms with E-state index in [9.17, 15) is 19.8 Å². The monoisotopic (exact) mass is 430 g/mol. The minimum Gasteiger partial charge on any atom is -0.507 e. The quantitative estimate of drug-likeness (QED) is 0.215. The average Bonchev–Trinajstić information content (AvgIpc) is 2.79. The highest BCUT2D eigenvalue weighted by atomic mass is 16.5. The van der Waals surface area contributed by atoms with Crippen molar-refractivity contribution in [3.63, 3.8) is 0 Å². The maximum Gasteiger partial charge on any atom is 0.333 e. The van der Waals surface area contributed by atoms with E-state index in [4.69, 9.17) is 4.74 Å². The van der Waals surface area contributed by atoms with Gasteiger partial charge in [-0.2, -0.15) is 5.11 Å². The van der Waals surface area contributed by atoms with Gasteiger partial charge in [-0.25, -0.2) is 4.79 Å². The van der Waals surface area contributed by atoms with Crippen LogP contribution in [-0.2, 0) is 16.0 Å². The third kappa shape index (κ3) is 5.46. The van der Waals surface area contributed by atoms with Gasteiger partial charge in [0.05, 0.1) is 17.9 Å². The molecule has 0 aliphatic rings. The molecule has 0 saturated heterocycles. The SMILES string of the molecule is C=C(C)C(=O)OCCc1ccccc1N=Nc1cc(C(=O)c2ccccc2)c(O)cc1O. The van der Waals surface area contributed by atoms with Gasteiger partial charge in [0.1, 0.15) is 17.2 Å². The second-order valence-electron chi connectivity index (χ2n) is 7.05. The number of phenols is 2. The summed E-state index contributed by atoms with van der Waals surface area (Å²) in [6, 6.07) is 18.0. The molecule has 0 atom stereocenters. The molecule has 0 radical (unpaired) electrons. The Balaban J connectivity index is 1.83. The van der Waals surface area contributed by atoms with Crippen molar-refractivity contribution >= 4 is 23.1 Å². The van der Waals surface area contributed by atoms with Crippen molar-refractivity contribution < 1.29 is 24.5 Å². The van der Waals surface area contributed by atoms with Crippen LogP contribution in [0.2, 0.25) is 0 Å². The van der Waals surface area contributed by atoms with E-state index in [2.05, 4.69) is 16.8 Å². The number of benzene rings is 3. The standard InChI is InChI=1S/C25H22N2O5/c1-16(2)25(31)32-13-12-17-8-6-7-11-20(17)26-27-21-14-19(22(28)15-23(21)29)24(30)18-9-4-3-5-10-18/h3-11,14-15,28-29H,1,12-13H2,2H3. The van der Waals surface area contributed by atoms with Crippen molar-refractivity contribution in [1.29, 1.82) is 0 Å². The van der Waals surface area contributed by atoms with E-state index < -0.39 is 11.8 Å². The number of aromatic hydroxyl groups is 2.